The summed E-state index contributed by atoms with van der Waals surface area (Å²) < 4.78 is 22.8. The lowest BCUT2D eigenvalue weighted by Crippen LogP contribution is -2.44. The molecule has 83 heavy (non-hydrogen) atoms. The number of ether oxygens (including phenoxy) is 4. The fourth-order valence-corrected chi connectivity index (χ4v) is 10.4. The molecular formula is C74H135NO8. The summed E-state index contributed by atoms with van der Waals surface area (Å²) in [6.07, 6.45) is 81.9. The van der Waals surface area contributed by atoms with Crippen molar-refractivity contribution in [1.82, 2.24) is 0 Å². The van der Waals surface area contributed by atoms with E-state index in [-0.39, 0.29) is 38.6 Å². The number of likely N-dealkylation sites (N-methyl/N-ethyl adjacent to an activating group) is 1. The lowest BCUT2D eigenvalue weighted by Gasteiger charge is -2.26. The van der Waals surface area contributed by atoms with Crippen LogP contribution in [-0.4, -0.2) is 82.3 Å². The topological polar surface area (TPSA) is 111 Å². The minimum atomic E-state index is -1.63. The van der Waals surface area contributed by atoms with E-state index in [9.17, 15) is 19.5 Å². The van der Waals surface area contributed by atoms with Crippen LogP contribution in [0.2, 0.25) is 0 Å². The van der Waals surface area contributed by atoms with Crippen LogP contribution < -0.4 is 5.11 Å². The molecule has 0 bridgehead atoms. The molecule has 0 aliphatic carbocycles. The number of allylic oxidation sites excluding steroid dienone is 10. The summed E-state index contributed by atoms with van der Waals surface area (Å²) in [5, 5.41) is 11.8. The zero-order valence-electron chi connectivity index (χ0n) is 55.3. The van der Waals surface area contributed by atoms with Gasteiger partial charge in [-0.1, -0.05) is 325 Å². The van der Waals surface area contributed by atoms with Gasteiger partial charge >= 0.3 is 11.9 Å². The number of nitrogens with zero attached hydrogens (tertiary/aromatic N) is 1. The van der Waals surface area contributed by atoms with E-state index in [2.05, 4.69) is 74.6 Å². The molecule has 0 aromatic heterocycles. The molecule has 0 N–H and O–H groups in total. The van der Waals surface area contributed by atoms with E-state index in [4.69, 9.17) is 18.9 Å². The van der Waals surface area contributed by atoms with E-state index in [0.29, 0.717) is 17.4 Å². The van der Waals surface area contributed by atoms with E-state index >= 15 is 0 Å². The van der Waals surface area contributed by atoms with E-state index < -0.39 is 24.3 Å². The minimum Gasteiger partial charge on any atom is -0.545 e. The van der Waals surface area contributed by atoms with E-state index in [1.165, 1.54) is 218 Å². The Bertz CT molecular complexity index is 1550. The van der Waals surface area contributed by atoms with Crippen LogP contribution >= 0.6 is 0 Å². The Labute approximate surface area is 514 Å². The average Bonchev–Trinajstić information content (AvgIpc) is 3.46. The number of quaternary nitrogens is 1. The van der Waals surface area contributed by atoms with E-state index in [1.807, 2.05) is 21.1 Å². The van der Waals surface area contributed by atoms with Gasteiger partial charge in [0.05, 0.1) is 40.3 Å². The third kappa shape index (κ3) is 66.4. The number of rotatable bonds is 66. The molecular weight excluding hydrogens is 1030 g/mol. The molecule has 0 radical (unpaired) electrons. The quantitative estimate of drug-likeness (QED) is 0.0195. The SMILES string of the molecule is CC/C=C\C/C=C\C/C=C\C/C=C\C/C=C\CCCCCCCC(=O)OC(COC(=O)CCCCCCCCCCCCCCCCCCCCCCCCCCCCCCCCCCCCCCC)COC(OCC[N+](C)(C)C)C(=O)[O-]. The molecule has 0 spiro atoms. The molecule has 0 aliphatic rings. The van der Waals surface area contributed by atoms with E-state index in [1.54, 1.807) is 0 Å². The third-order valence-electron chi connectivity index (χ3n) is 15.8. The molecule has 9 nitrogen and oxygen atoms in total. The van der Waals surface area contributed by atoms with Crippen molar-refractivity contribution in [2.24, 2.45) is 0 Å². The van der Waals surface area contributed by atoms with Crippen LogP contribution in [0, 0.1) is 0 Å². The average molecular weight is 1170 g/mol. The highest BCUT2D eigenvalue weighted by Gasteiger charge is 2.22. The van der Waals surface area contributed by atoms with Gasteiger partial charge in [-0.2, -0.15) is 0 Å². The summed E-state index contributed by atoms with van der Waals surface area (Å²) in [5.41, 5.74) is 0. The second kappa shape index (κ2) is 65.0. The maximum absolute atomic E-state index is 12.9. The van der Waals surface area contributed by atoms with Gasteiger partial charge < -0.3 is 33.3 Å². The molecule has 484 valence electrons. The van der Waals surface area contributed by atoms with Gasteiger partial charge in [0.1, 0.15) is 13.2 Å². The molecule has 0 aromatic carbocycles. The second-order valence-electron chi connectivity index (χ2n) is 25.2. The highest BCUT2D eigenvalue weighted by Crippen LogP contribution is 2.19. The lowest BCUT2D eigenvalue weighted by molar-refractivity contribution is -0.870. The summed E-state index contributed by atoms with van der Waals surface area (Å²) in [6, 6.07) is 0. The summed E-state index contributed by atoms with van der Waals surface area (Å²) in [6.45, 7) is 4.65. The van der Waals surface area contributed by atoms with Crippen LogP contribution in [0.15, 0.2) is 60.8 Å². The smallest absolute Gasteiger partial charge is 0.306 e. The number of esters is 2. The second-order valence-corrected chi connectivity index (χ2v) is 25.2. The fraction of sp³-hybridized carbons (Fsp3) is 0.824. The Morgan fingerprint density at radius 1 is 0.373 bits per heavy atom. The van der Waals surface area contributed by atoms with Crippen molar-refractivity contribution in [3.63, 3.8) is 0 Å². The maximum Gasteiger partial charge on any atom is 0.306 e. The maximum atomic E-state index is 12.9. The van der Waals surface area contributed by atoms with Gasteiger partial charge in [-0.05, 0) is 57.8 Å². The van der Waals surface area contributed by atoms with Crippen LogP contribution in [0.4, 0.5) is 0 Å². The Balaban J connectivity index is 4.00. The molecule has 9 heteroatoms. The van der Waals surface area contributed by atoms with Gasteiger partial charge in [-0.25, -0.2) is 0 Å². The molecule has 0 fully saturated rings. The first-order valence-electron chi connectivity index (χ1n) is 35.4. The molecule has 0 rings (SSSR count). The molecule has 0 heterocycles. The van der Waals surface area contributed by atoms with Crippen molar-refractivity contribution in [2.75, 3.05) is 47.5 Å². The highest BCUT2D eigenvalue weighted by atomic mass is 16.7. The van der Waals surface area contributed by atoms with Crippen LogP contribution in [-0.2, 0) is 33.3 Å². The van der Waals surface area contributed by atoms with Gasteiger partial charge in [0.2, 0.25) is 0 Å². The van der Waals surface area contributed by atoms with Gasteiger partial charge in [-0.3, -0.25) is 9.59 Å². The summed E-state index contributed by atoms with van der Waals surface area (Å²) >= 11 is 0. The molecule has 0 saturated heterocycles. The third-order valence-corrected chi connectivity index (χ3v) is 15.8. The molecule has 0 saturated carbocycles. The Morgan fingerprint density at radius 2 is 0.687 bits per heavy atom. The number of hydrogen-bond acceptors (Lipinski definition) is 8. The normalized spacial score (nSPS) is 13.0. The van der Waals surface area contributed by atoms with Crippen LogP contribution in [0.3, 0.4) is 0 Å². The molecule has 0 aromatic rings. The summed E-state index contributed by atoms with van der Waals surface area (Å²) in [7, 11) is 5.92. The van der Waals surface area contributed by atoms with Crippen molar-refractivity contribution >= 4 is 17.9 Å². The first-order chi connectivity index (χ1) is 40.6. The monoisotopic (exact) mass is 1170 g/mol. The lowest BCUT2D eigenvalue weighted by atomic mass is 10.0. The predicted molar refractivity (Wildman–Crippen MR) is 352 cm³/mol. The largest absolute Gasteiger partial charge is 0.545 e. The first-order valence-corrected chi connectivity index (χ1v) is 35.4. The zero-order valence-corrected chi connectivity index (χ0v) is 55.3. The zero-order chi connectivity index (χ0) is 60.5. The molecule has 2 unspecified atom stereocenters. The van der Waals surface area contributed by atoms with Crippen LogP contribution in [0.5, 0.6) is 0 Å². The van der Waals surface area contributed by atoms with Gasteiger partial charge in [0.25, 0.3) is 0 Å². The molecule has 0 amide bonds. The van der Waals surface area contributed by atoms with Crippen LogP contribution in [0.1, 0.15) is 335 Å². The van der Waals surface area contributed by atoms with Gasteiger partial charge in [-0.15, -0.1) is 0 Å². The van der Waals surface area contributed by atoms with Crippen molar-refractivity contribution in [1.29, 1.82) is 0 Å². The minimum absolute atomic E-state index is 0.143. The number of carbonyl (C=O) groups is 3. The Kier molecular flexibility index (Phi) is 62.6. The van der Waals surface area contributed by atoms with Crippen molar-refractivity contribution < 1.29 is 42.9 Å². The number of carboxylic acids is 1. The fourth-order valence-electron chi connectivity index (χ4n) is 10.4. The number of unbranched alkanes of at least 4 members (excludes halogenated alkanes) is 41. The number of carboxylic acid groups (broad SMARTS) is 1. The van der Waals surface area contributed by atoms with Crippen molar-refractivity contribution in [3.8, 4) is 0 Å². The summed E-state index contributed by atoms with van der Waals surface area (Å²) in [4.78, 5) is 37.4. The standard InChI is InChI=1S/C74H135NO8/c1-6-8-10-12-14-16-18-20-22-24-26-28-29-30-31-32-33-34-35-36-37-38-39-40-41-42-43-45-46-48-50-52-54-56-58-60-62-64-71(76)81-68-70(69-82-74(73(78)79)80-67-66-75(3,4)5)83-72(77)65-63-61-59-57-55-53-51-49-47-44-27-25-23-21-19-17-15-13-11-9-7-2/h9,11,15,17,21,23,27,44,49,51,70,74H,6-8,10,12-14,16,18-20,22,24-26,28-43,45-48,50,52-69H2,1-5H3/b11-9-,17-15-,23-21-,44-27-,51-49-. The number of hydrogen-bond donors (Lipinski definition) is 0. The van der Waals surface area contributed by atoms with E-state index in [0.717, 1.165) is 83.5 Å². The number of carbonyl (C=O) groups excluding carboxylic acids is 3. The Hall–Kier alpha value is -3.01. The van der Waals surface area contributed by atoms with Crippen LogP contribution in [0.25, 0.3) is 0 Å². The first kappa shape index (κ1) is 80.0. The highest BCUT2D eigenvalue weighted by molar-refractivity contribution is 5.70. The number of aliphatic carboxylic acids is 1. The Morgan fingerprint density at radius 3 is 1.02 bits per heavy atom. The van der Waals surface area contributed by atoms with Gasteiger partial charge in [0.15, 0.2) is 12.4 Å². The van der Waals surface area contributed by atoms with Crippen molar-refractivity contribution in [2.45, 2.75) is 347 Å². The summed E-state index contributed by atoms with van der Waals surface area (Å²) in [5.74, 6) is -2.30. The van der Waals surface area contributed by atoms with Crippen molar-refractivity contribution in [3.05, 3.63) is 60.8 Å². The molecule has 0 aliphatic heterocycles. The van der Waals surface area contributed by atoms with Gasteiger partial charge in [0, 0.05) is 12.8 Å². The molecule has 2 atom stereocenters. The predicted octanol–water partition coefficient (Wildman–Crippen LogP) is 20.6.